The first-order valence-corrected chi connectivity index (χ1v) is 8.70. The lowest BCUT2D eigenvalue weighted by Crippen LogP contribution is -2.36. The van der Waals surface area contributed by atoms with Crippen molar-refractivity contribution >= 4 is 29.9 Å². The van der Waals surface area contributed by atoms with E-state index in [4.69, 9.17) is 9.47 Å². The number of nitrogens with one attached hydrogen (secondary N) is 2. The van der Waals surface area contributed by atoms with Crippen molar-refractivity contribution in [2.24, 2.45) is 4.99 Å². The minimum Gasteiger partial charge on any atom is -0.475 e. The van der Waals surface area contributed by atoms with Crippen LogP contribution in [-0.4, -0.2) is 38.3 Å². The molecule has 2 aromatic rings. The SMILES string of the molecule is CN=C(NCc1ccc(C)cc1C)NCc1cccnc1OCCOC.I. The highest BCUT2D eigenvalue weighted by Gasteiger charge is 2.06. The number of nitrogens with zero attached hydrogens (tertiary/aromatic N) is 2. The number of methoxy groups -OCH3 is 1. The molecule has 1 heterocycles. The second-order valence-corrected chi connectivity index (χ2v) is 6.02. The van der Waals surface area contributed by atoms with Gasteiger partial charge in [-0.05, 0) is 31.0 Å². The van der Waals surface area contributed by atoms with Gasteiger partial charge in [0, 0.05) is 39.0 Å². The number of aliphatic imine (C=N–C) groups is 1. The fourth-order valence-corrected chi connectivity index (χ4v) is 2.53. The quantitative estimate of drug-likeness (QED) is 0.261. The molecule has 2 N–H and O–H groups in total. The number of rotatable bonds is 8. The normalized spacial score (nSPS) is 10.9. The lowest BCUT2D eigenvalue weighted by atomic mass is 10.1. The number of hydrogen-bond acceptors (Lipinski definition) is 4. The second kappa shape index (κ2) is 12.5. The Hall–Kier alpha value is -1.87. The highest BCUT2D eigenvalue weighted by molar-refractivity contribution is 14.0. The van der Waals surface area contributed by atoms with Crippen LogP contribution < -0.4 is 15.4 Å². The predicted molar refractivity (Wildman–Crippen MR) is 120 cm³/mol. The molecule has 6 nitrogen and oxygen atoms in total. The molecule has 0 spiro atoms. The fourth-order valence-electron chi connectivity index (χ4n) is 2.53. The zero-order valence-corrected chi connectivity index (χ0v) is 18.7. The van der Waals surface area contributed by atoms with Gasteiger partial charge in [-0.2, -0.15) is 0 Å². The van der Waals surface area contributed by atoms with Gasteiger partial charge in [0.25, 0.3) is 0 Å². The van der Waals surface area contributed by atoms with Gasteiger partial charge in [0.2, 0.25) is 5.88 Å². The molecule has 7 heteroatoms. The summed E-state index contributed by atoms with van der Waals surface area (Å²) in [7, 11) is 3.41. The fraction of sp³-hybridized carbons (Fsp3) is 0.400. The van der Waals surface area contributed by atoms with Gasteiger partial charge in [-0.3, -0.25) is 4.99 Å². The third kappa shape index (κ3) is 7.72. The molecule has 2 rings (SSSR count). The van der Waals surface area contributed by atoms with Gasteiger partial charge in [-0.15, -0.1) is 24.0 Å². The Bertz CT molecular complexity index is 738. The first kappa shape index (κ1) is 23.2. The maximum absolute atomic E-state index is 5.66. The minimum absolute atomic E-state index is 0. The maximum Gasteiger partial charge on any atom is 0.218 e. The van der Waals surface area contributed by atoms with Crippen molar-refractivity contribution in [2.45, 2.75) is 26.9 Å². The molecule has 0 atom stereocenters. The van der Waals surface area contributed by atoms with E-state index in [-0.39, 0.29) is 24.0 Å². The average Bonchev–Trinajstić information content (AvgIpc) is 2.64. The van der Waals surface area contributed by atoms with Crippen molar-refractivity contribution in [3.05, 3.63) is 58.8 Å². The number of benzene rings is 1. The van der Waals surface area contributed by atoms with Crippen molar-refractivity contribution in [1.82, 2.24) is 15.6 Å². The molecule has 0 bridgehead atoms. The molecule has 0 aliphatic rings. The van der Waals surface area contributed by atoms with E-state index < -0.39 is 0 Å². The topological polar surface area (TPSA) is 67.8 Å². The Labute approximate surface area is 178 Å². The van der Waals surface area contributed by atoms with Gasteiger partial charge in [-0.1, -0.05) is 29.8 Å². The van der Waals surface area contributed by atoms with E-state index in [2.05, 4.69) is 52.7 Å². The smallest absolute Gasteiger partial charge is 0.218 e. The van der Waals surface area contributed by atoms with Gasteiger partial charge in [0.05, 0.1) is 6.61 Å². The summed E-state index contributed by atoms with van der Waals surface area (Å²) in [6.45, 7) is 6.52. The summed E-state index contributed by atoms with van der Waals surface area (Å²) in [5, 5.41) is 6.65. The molecule has 0 saturated heterocycles. The monoisotopic (exact) mass is 484 g/mol. The van der Waals surface area contributed by atoms with Crippen molar-refractivity contribution in [1.29, 1.82) is 0 Å². The molecule has 0 fully saturated rings. The second-order valence-electron chi connectivity index (χ2n) is 6.02. The Kier molecular flexibility index (Phi) is 10.7. The predicted octanol–water partition coefficient (Wildman–Crippen LogP) is 3.21. The van der Waals surface area contributed by atoms with Gasteiger partial charge >= 0.3 is 0 Å². The summed E-state index contributed by atoms with van der Waals surface area (Å²) in [5.74, 6) is 1.35. The zero-order valence-electron chi connectivity index (χ0n) is 16.4. The summed E-state index contributed by atoms with van der Waals surface area (Å²) in [6.07, 6.45) is 1.72. The van der Waals surface area contributed by atoms with Crippen LogP contribution in [0.15, 0.2) is 41.5 Å². The van der Waals surface area contributed by atoms with Crippen molar-refractivity contribution < 1.29 is 9.47 Å². The molecular weight excluding hydrogens is 455 g/mol. The maximum atomic E-state index is 5.66. The molecular formula is C20H29IN4O2. The summed E-state index contributed by atoms with van der Waals surface area (Å²) in [5.41, 5.74) is 4.77. The number of aryl methyl sites for hydroxylation is 2. The van der Waals surface area contributed by atoms with Gasteiger partial charge in [0.1, 0.15) is 6.61 Å². The van der Waals surface area contributed by atoms with E-state index in [1.807, 2.05) is 12.1 Å². The highest BCUT2D eigenvalue weighted by Crippen LogP contribution is 2.14. The number of halogens is 1. The van der Waals surface area contributed by atoms with Crippen LogP contribution in [0, 0.1) is 13.8 Å². The highest BCUT2D eigenvalue weighted by atomic mass is 127. The third-order valence-corrected chi connectivity index (χ3v) is 3.99. The summed E-state index contributed by atoms with van der Waals surface area (Å²) in [4.78, 5) is 8.57. The van der Waals surface area contributed by atoms with Crippen LogP contribution in [-0.2, 0) is 17.8 Å². The summed E-state index contributed by atoms with van der Waals surface area (Å²) >= 11 is 0. The van der Waals surface area contributed by atoms with Crippen LogP contribution in [0.1, 0.15) is 22.3 Å². The zero-order chi connectivity index (χ0) is 18.8. The summed E-state index contributed by atoms with van der Waals surface area (Å²) in [6, 6.07) is 10.3. The molecule has 1 aromatic heterocycles. The molecule has 0 saturated carbocycles. The lowest BCUT2D eigenvalue weighted by Gasteiger charge is -2.15. The van der Waals surface area contributed by atoms with Crippen LogP contribution in [0.3, 0.4) is 0 Å². The largest absolute Gasteiger partial charge is 0.475 e. The van der Waals surface area contributed by atoms with E-state index in [9.17, 15) is 0 Å². The summed E-state index contributed by atoms with van der Waals surface area (Å²) < 4.78 is 10.7. The van der Waals surface area contributed by atoms with E-state index in [0.29, 0.717) is 25.6 Å². The van der Waals surface area contributed by atoms with E-state index >= 15 is 0 Å². The molecule has 0 unspecified atom stereocenters. The van der Waals surface area contributed by atoms with E-state index in [0.717, 1.165) is 18.1 Å². The van der Waals surface area contributed by atoms with Crippen LogP contribution >= 0.6 is 24.0 Å². The van der Waals surface area contributed by atoms with Gasteiger partial charge in [-0.25, -0.2) is 4.98 Å². The Morgan fingerprint density at radius 2 is 1.81 bits per heavy atom. The van der Waals surface area contributed by atoms with Gasteiger partial charge in [0.15, 0.2) is 5.96 Å². The number of hydrogen-bond donors (Lipinski definition) is 2. The number of ether oxygens (including phenoxy) is 2. The molecule has 1 aromatic carbocycles. The molecule has 0 radical (unpaired) electrons. The van der Waals surface area contributed by atoms with Crippen LogP contribution in [0.2, 0.25) is 0 Å². The Balaban J connectivity index is 0.00000364. The van der Waals surface area contributed by atoms with Crippen molar-refractivity contribution in [3.63, 3.8) is 0 Å². The van der Waals surface area contributed by atoms with Crippen LogP contribution in [0.25, 0.3) is 0 Å². The van der Waals surface area contributed by atoms with Crippen LogP contribution in [0.5, 0.6) is 5.88 Å². The Morgan fingerprint density at radius 1 is 1.07 bits per heavy atom. The van der Waals surface area contributed by atoms with Crippen molar-refractivity contribution in [2.75, 3.05) is 27.4 Å². The van der Waals surface area contributed by atoms with Crippen LogP contribution in [0.4, 0.5) is 0 Å². The van der Waals surface area contributed by atoms with E-state index in [1.54, 1.807) is 20.4 Å². The number of pyridine rings is 1. The third-order valence-electron chi connectivity index (χ3n) is 3.99. The average molecular weight is 484 g/mol. The van der Waals surface area contributed by atoms with Crippen molar-refractivity contribution in [3.8, 4) is 5.88 Å². The standard InChI is InChI=1S/C20H28N4O2.HI/c1-15-7-8-17(16(2)12-15)13-23-20(21-3)24-14-18-6-5-9-22-19(18)26-11-10-25-4;/h5-9,12H,10-11,13-14H2,1-4H3,(H2,21,23,24);1H. The first-order valence-electron chi connectivity index (χ1n) is 8.70. The first-order chi connectivity index (χ1) is 12.6. The lowest BCUT2D eigenvalue weighted by molar-refractivity contribution is 0.143. The molecule has 0 amide bonds. The molecule has 0 aliphatic heterocycles. The minimum atomic E-state index is 0. The Morgan fingerprint density at radius 3 is 2.48 bits per heavy atom. The molecule has 0 aliphatic carbocycles. The van der Waals surface area contributed by atoms with Gasteiger partial charge < -0.3 is 20.1 Å². The van der Waals surface area contributed by atoms with E-state index in [1.165, 1.54) is 16.7 Å². The number of guanidine groups is 1. The number of aromatic nitrogens is 1. The molecule has 27 heavy (non-hydrogen) atoms. The molecule has 148 valence electrons.